The Hall–Kier alpha value is -0.690. The summed E-state index contributed by atoms with van der Waals surface area (Å²) in [5.41, 5.74) is 5.47. The molecule has 0 spiro atoms. The van der Waals surface area contributed by atoms with Crippen LogP contribution >= 0.6 is 0 Å². The molecule has 1 atom stereocenters. The van der Waals surface area contributed by atoms with Crippen molar-refractivity contribution in [2.75, 3.05) is 46.1 Å². The van der Waals surface area contributed by atoms with E-state index in [1.54, 1.807) is 0 Å². The van der Waals surface area contributed by atoms with Gasteiger partial charge in [-0.15, -0.1) is 0 Å². The number of hydrogen-bond acceptors (Lipinski definition) is 5. The lowest BCUT2D eigenvalue weighted by molar-refractivity contribution is -0.120. The minimum atomic E-state index is -0.253. The molecule has 0 saturated heterocycles. The Morgan fingerprint density at radius 2 is 1.76 bits per heavy atom. The van der Waals surface area contributed by atoms with Gasteiger partial charge in [0, 0.05) is 38.9 Å². The summed E-state index contributed by atoms with van der Waals surface area (Å²) in [6.45, 7) is 9.40. The lowest BCUT2D eigenvalue weighted by Crippen LogP contribution is -2.45. The first-order valence-electron chi connectivity index (χ1n) is 8.10. The molecule has 0 bridgehead atoms. The highest BCUT2D eigenvalue weighted by molar-refractivity contribution is 5.79. The van der Waals surface area contributed by atoms with E-state index >= 15 is 0 Å². The third kappa shape index (κ3) is 9.03. The SMILES string of the molecule is CCOCCN(CCOCC)CCC(NC1CC1)C(N)=O. The number of nitrogens with one attached hydrogen (secondary N) is 1. The maximum Gasteiger partial charge on any atom is 0.234 e. The molecular formula is C15H31N3O3. The molecule has 0 aromatic rings. The highest BCUT2D eigenvalue weighted by Crippen LogP contribution is 2.19. The summed E-state index contributed by atoms with van der Waals surface area (Å²) in [6.07, 6.45) is 3.05. The molecule has 1 amide bonds. The van der Waals surface area contributed by atoms with Crippen LogP contribution in [0.5, 0.6) is 0 Å². The molecule has 21 heavy (non-hydrogen) atoms. The minimum absolute atomic E-state index is 0.223. The highest BCUT2D eigenvalue weighted by atomic mass is 16.5. The van der Waals surface area contributed by atoms with Crippen LogP contribution in [0.3, 0.4) is 0 Å². The van der Waals surface area contributed by atoms with Crippen LogP contribution in [0.15, 0.2) is 0 Å². The number of primary amides is 1. The molecule has 1 saturated carbocycles. The van der Waals surface area contributed by atoms with Crippen LogP contribution in [0.25, 0.3) is 0 Å². The van der Waals surface area contributed by atoms with Gasteiger partial charge in [-0.1, -0.05) is 0 Å². The van der Waals surface area contributed by atoms with Crippen molar-refractivity contribution in [2.45, 2.75) is 45.2 Å². The van der Waals surface area contributed by atoms with Gasteiger partial charge in [0.05, 0.1) is 19.3 Å². The second-order valence-corrected chi connectivity index (χ2v) is 5.42. The maximum atomic E-state index is 11.5. The predicted molar refractivity (Wildman–Crippen MR) is 83.2 cm³/mol. The number of nitrogens with zero attached hydrogens (tertiary/aromatic N) is 1. The van der Waals surface area contributed by atoms with E-state index in [4.69, 9.17) is 15.2 Å². The molecule has 1 unspecified atom stereocenters. The molecule has 1 aliphatic carbocycles. The fourth-order valence-corrected chi connectivity index (χ4v) is 2.17. The minimum Gasteiger partial charge on any atom is -0.380 e. The Bertz CT molecular complexity index is 275. The molecule has 0 aliphatic heterocycles. The van der Waals surface area contributed by atoms with E-state index in [9.17, 15) is 4.79 Å². The van der Waals surface area contributed by atoms with Gasteiger partial charge < -0.3 is 20.5 Å². The summed E-state index contributed by atoms with van der Waals surface area (Å²) < 4.78 is 10.8. The Balaban J connectivity index is 2.30. The van der Waals surface area contributed by atoms with E-state index in [1.807, 2.05) is 13.8 Å². The number of rotatable bonds is 14. The van der Waals surface area contributed by atoms with Gasteiger partial charge in [0.25, 0.3) is 0 Å². The summed E-state index contributed by atoms with van der Waals surface area (Å²) >= 11 is 0. The molecule has 0 aromatic carbocycles. The van der Waals surface area contributed by atoms with E-state index in [0.717, 1.165) is 52.1 Å². The van der Waals surface area contributed by atoms with Gasteiger partial charge in [-0.2, -0.15) is 0 Å². The van der Waals surface area contributed by atoms with Crippen LogP contribution in [-0.2, 0) is 14.3 Å². The lowest BCUT2D eigenvalue weighted by atomic mass is 10.2. The van der Waals surface area contributed by atoms with Gasteiger partial charge in [0.1, 0.15) is 0 Å². The van der Waals surface area contributed by atoms with E-state index < -0.39 is 0 Å². The monoisotopic (exact) mass is 301 g/mol. The summed E-state index contributed by atoms with van der Waals surface area (Å²) in [6, 6.07) is 0.266. The number of ether oxygens (including phenoxy) is 2. The molecule has 6 heteroatoms. The van der Waals surface area contributed by atoms with Crippen LogP contribution in [0.2, 0.25) is 0 Å². The van der Waals surface area contributed by atoms with Gasteiger partial charge in [-0.3, -0.25) is 9.69 Å². The topological polar surface area (TPSA) is 76.8 Å². The van der Waals surface area contributed by atoms with Crippen LogP contribution in [0, 0.1) is 0 Å². The smallest absolute Gasteiger partial charge is 0.234 e. The van der Waals surface area contributed by atoms with Crippen molar-refractivity contribution in [2.24, 2.45) is 5.73 Å². The third-order valence-corrected chi connectivity index (χ3v) is 3.60. The lowest BCUT2D eigenvalue weighted by Gasteiger charge is -2.24. The zero-order valence-corrected chi connectivity index (χ0v) is 13.5. The zero-order chi connectivity index (χ0) is 15.5. The zero-order valence-electron chi connectivity index (χ0n) is 13.5. The van der Waals surface area contributed by atoms with E-state index in [2.05, 4.69) is 10.2 Å². The number of hydrogen-bond donors (Lipinski definition) is 2. The second kappa shape index (κ2) is 11.0. The molecule has 0 heterocycles. The summed E-state index contributed by atoms with van der Waals surface area (Å²) in [7, 11) is 0. The average molecular weight is 301 g/mol. The van der Waals surface area contributed by atoms with E-state index in [1.165, 1.54) is 0 Å². The first kappa shape index (κ1) is 18.4. The normalized spacial score (nSPS) is 16.3. The Morgan fingerprint density at radius 3 is 2.19 bits per heavy atom. The quantitative estimate of drug-likeness (QED) is 0.453. The van der Waals surface area contributed by atoms with E-state index in [0.29, 0.717) is 19.3 Å². The first-order chi connectivity index (χ1) is 10.2. The Labute approximate surface area is 128 Å². The van der Waals surface area contributed by atoms with Gasteiger partial charge >= 0.3 is 0 Å². The molecule has 0 aromatic heterocycles. The Morgan fingerprint density at radius 1 is 1.19 bits per heavy atom. The van der Waals surface area contributed by atoms with Crippen LogP contribution in [0.4, 0.5) is 0 Å². The van der Waals surface area contributed by atoms with Gasteiger partial charge in [-0.05, 0) is 33.1 Å². The molecule has 1 aliphatic rings. The fraction of sp³-hybridized carbons (Fsp3) is 0.933. The Kier molecular flexibility index (Phi) is 9.58. The van der Waals surface area contributed by atoms with Crippen molar-refractivity contribution in [1.29, 1.82) is 0 Å². The van der Waals surface area contributed by atoms with Crippen molar-refractivity contribution in [3.05, 3.63) is 0 Å². The van der Waals surface area contributed by atoms with Crippen molar-refractivity contribution in [1.82, 2.24) is 10.2 Å². The third-order valence-electron chi connectivity index (χ3n) is 3.60. The van der Waals surface area contributed by atoms with Crippen LogP contribution in [-0.4, -0.2) is 69.0 Å². The first-order valence-corrected chi connectivity index (χ1v) is 8.10. The molecule has 6 nitrogen and oxygen atoms in total. The molecule has 1 fully saturated rings. The van der Waals surface area contributed by atoms with Gasteiger partial charge in [0.2, 0.25) is 5.91 Å². The second-order valence-electron chi connectivity index (χ2n) is 5.42. The molecule has 3 N–H and O–H groups in total. The van der Waals surface area contributed by atoms with Crippen molar-refractivity contribution in [3.63, 3.8) is 0 Å². The summed E-state index contributed by atoms with van der Waals surface area (Å²) in [5.74, 6) is -0.253. The standard InChI is InChI=1S/C15H31N3O3/c1-3-20-11-9-18(10-12-21-4-2)8-7-14(15(16)19)17-13-5-6-13/h13-14,17H,3-12H2,1-2H3,(H2,16,19). The summed E-state index contributed by atoms with van der Waals surface area (Å²) in [4.78, 5) is 13.8. The number of carbonyl (C=O) groups is 1. The van der Waals surface area contributed by atoms with Gasteiger partial charge in [-0.25, -0.2) is 0 Å². The fourth-order valence-electron chi connectivity index (χ4n) is 2.17. The molecule has 1 rings (SSSR count). The van der Waals surface area contributed by atoms with Gasteiger partial charge in [0.15, 0.2) is 0 Å². The van der Waals surface area contributed by atoms with Crippen LogP contribution < -0.4 is 11.1 Å². The number of nitrogens with two attached hydrogens (primary N) is 1. The maximum absolute atomic E-state index is 11.5. The largest absolute Gasteiger partial charge is 0.380 e. The highest BCUT2D eigenvalue weighted by Gasteiger charge is 2.27. The van der Waals surface area contributed by atoms with Crippen LogP contribution in [0.1, 0.15) is 33.1 Å². The summed E-state index contributed by atoms with van der Waals surface area (Å²) in [5, 5.41) is 3.32. The molecule has 0 radical (unpaired) electrons. The number of amides is 1. The van der Waals surface area contributed by atoms with Crippen molar-refractivity contribution < 1.29 is 14.3 Å². The number of carbonyl (C=O) groups excluding carboxylic acids is 1. The average Bonchev–Trinajstić information content (AvgIpc) is 3.26. The molecular weight excluding hydrogens is 270 g/mol. The van der Waals surface area contributed by atoms with E-state index in [-0.39, 0.29) is 11.9 Å². The van der Waals surface area contributed by atoms with Crippen molar-refractivity contribution in [3.8, 4) is 0 Å². The van der Waals surface area contributed by atoms with Crippen molar-refractivity contribution >= 4 is 5.91 Å². The molecule has 124 valence electrons. The predicted octanol–water partition coefficient (Wildman–Crippen LogP) is 0.357.